The Hall–Kier alpha value is -3.77. The number of hydroxylamine groups is 2. The van der Waals surface area contributed by atoms with Crippen molar-refractivity contribution in [1.29, 1.82) is 0 Å². The van der Waals surface area contributed by atoms with E-state index in [0.29, 0.717) is 22.6 Å². The predicted octanol–water partition coefficient (Wildman–Crippen LogP) is 4.70. The average Bonchev–Trinajstić information content (AvgIpc) is 3.11. The van der Waals surface area contributed by atoms with Crippen molar-refractivity contribution in [2.45, 2.75) is 32.4 Å². The van der Waals surface area contributed by atoms with Crippen LogP contribution < -0.4 is 0 Å². The number of amides is 3. The monoisotopic (exact) mass is 442 g/mol. The molecule has 1 aliphatic heterocycles. The molecule has 0 unspecified atom stereocenters. The number of imide groups is 1. The molecular weight excluding hydrogens is 416 g/mol. The maximum absolute atomic E-state index is 13.8. The fourth-order valence-corrected chi connectivity index (χ4v) is 4.30. The summed E-state index contributed by atoms with van der Waals surface area (Å²) in [6.45, 7) is 3.69. The number of rotatable bonds is 7. The Balaban J connectivity index is 1.75. The molecule has 1 heterocycles. The van der Waals surface area contributed by atoms with E-state index < -0.39 is 29.8 Å². The summed E-state index contributed by atoms with van der Waals surface area (Å²) in [5.74, 6) is -2.09. The molecule has 1 aliphatic rings. The van der Waals surface area contributed by atoms with Gasteiger partial charge in [-0.15, -0.1) is 0 Å². The molecular formula is C27H26N2O4. The molecule has 0 saturated heterocycles. The molecule has 6 nitrogen and oxygen atoms in total. The van der Waals surface area contributed by atoms with Crippen molar-refractivity contribution in [2.75, 3.05) is 0 Å². The summed E-state index contributed by atoms with van der Waals surface area (Å²) in [7, 11) is 0. The van der Waals surface area contributed by atoms with Gasteiger partial charge in [0.2, 0.25) is 0 Å². The number of hydrogen-bond acceptors (Lipinski definition) is 4. The van der Waals surface area contributed by atoms with Gasteiger partial charge in [-0.3, -0.25) is 24.5 Å². The highest BCUT2D eigenvalue weighted by atomic mass is 16.5. The quantitative estimate of drug-likeness (QED) is 0.327. The summed E-state index contributed by atoms with van der Waals surface area (Å²) in [4.78, 5) is 41.1. The van der Waals surface area contributed by atoms with Crippen LogP contribution in [0.1, 0.15) is 58.2 Å². The predicted molar refractivity (Wildman–Crippen MR) is 124 cm³/mol. The third-order valence-electron chi connectivity index (χ3n) is 6.24. The second-order valence-electron chi connectivity index (χ2n) is 8.26. The SMILES string of the molecule is CC[C@H](C)[C@@H](C(=O)N(O)C(c1ccccc1)c1ccccc1)N1C(=O)c2ccccc2C1=O. The van der Waals surface area contributed by atoms with E-state index in [1.54, 1.807) is 31.2 Å². The number of carbonyl (C=O) groups excluding carboxylic acids is 3. The van der Waals surface area contributed by atoms with E-state index in [2.05, 4.69) is 0 Å². The van der Waals surface area contributed by atoms with Crippen molar-refractivity contribution in [1.82, 2.24) is 9.96 Å². The van der Waals surface area contributed by atoms with Crippen molar-refractivity contribution in [2.24, 2.45) is 5.92 Å². The first-order chi connectivity index (χ1) is 16.0. The Morgan fingerprint density at radius 2 is 1.24 bits per heavy atom. The van der Waals surface area contributed by atoms with Gasteiger partial charge in [0.15, 0.2) is 0 Å². The first kappa shape index (κ1) is 22.4. The van der Waals surface area contributed by atoms with Crippen LogP contribution in [0.2, 0.25) is 0 Å². The van der Waals surface area contributed by atoms with E-state index in [1.165, 1.54) is 0 Å². The molecule has 3 aromatic rings. The molecule has 0 spiro atoms. The Kier molecular flexibility index (Phi) is 6.38. The van der Waals surface area contributed by atoms with Gasteiger partial charge >= 0.3 is 0 Å². The number of fused-ring (bicyclic) bond motifs is 1. The summed E-state index contributed by atoms with van der Waals surface area (Å²) in [6.07, 6.45) is 0.541. The molecule has 1 N–H and O–H groups in total. The second-order valence-corrected chi connectivity index (χ2v) is 8.26. The molecule has 0 radical (unpaired) electrons. The van der Waals surface area contributed by atoms with Crippen LogP contribution in [-0.4, -0.2) is 38.9 Å². The van der Waals surface area contributed by atoms with Gasteiger partial charge in [-0.2, -0.15) is 0 Å². The number of carbonyl (C=O) groups is 3. The molecule has 3 amide bonds. The molecule has 4 rings (SSSR count). The number of benzene rings is 3. The van der Waals surface area contributed by atoms with Gasteiger partial charge in [-0.1, -0.05) is 93.1 Å². The standard InChI is InChI=1S/C27H26N2O4/c1-3-18(2)23(28-25(30)21-16-10-11-17-22(21)26(28)31)27(32)29(33)24(19-12-6-4-7-13-19)20-14-8-5-9-15-20/h4-18,23-24,33H,3H2,1-2H3/t18-,23-/m0/s1. The molecule has 0 aliphatic carbocycles. The lowest BCUT2D eigenvalue weighted by molar-refractivity contribution is -0.179. The van der Waals surface area contributed by atoms with Crippen molar-refractivity contribution in [3.8, 4) is 0 Å². The molecule has 33 heavy (non-hydrogen) atoms. The molecule has 0 bridgehead atoms. The van der Waals surface area contributed by atoms with Crippen LogP contribution in [0.4, 0.5) is 0 Å². The summed E-state index contributed by atoms with van der Waals surface area (Å²) in [5.41, 5.74) is 1.97. The fourth-order valence-electron chi connectivity index (χ4n) is 4.30. The van der Waals surface area contributed by atoms with Crippen LogP contribution in [-0.2, 0) is 4.79 Å². The normalized spacial score (nSPS) is 14.8. The summed E-state index contributed by atoms with van der Waals surface area (Å²) >= 11 is 0. The van der Waals surface area contributed by atoms with Gasteiger partial charge in [-0.25, -0.2) is 5.06 Å². The number of nitrogens with zero attached hydrogens (tertiary/aromatic N) is 2. The van der Waals surface area contributed by atoms with Crippen LogP contribution in [0.25, 0.3) is 0 Å². The van der Waals surface area contributed by atoms with Crippen molar-refractivity contribution >= 4 is 17.7 Å². The summed E-state index contributed by atoms with van der Waals surface area (Å²) < 4.78 is 0. The van der Waals surface area contributed by atoms with E-state index in [0.717, 1.165) is 4.90 Å². The highest BCUT2D eigenvalue weighted by molar-refractivity contribution is 6.22. The molecule has 2 atom stereocenters. The first-order valence-electron chi connectivity index (χ1n) is 11.0. The molecule has 3 aromatic carbocycles. The molecule has 0 saturated carbocycles. The zero-order valence-electron chi connectivity index (χ0n) is 18.6. The van der Waals surface area contributed by atoms with Crippen molar-refractivity contribution < 1.29 is 19.6 Å². The van der Waals surface area contributed by atoms with Gasteiger partial charge in [-0.05, 0) is 29.2 Å². The zero-order chi connectivity index (χ0) is 23.5. The molecule has 0 aromatic heterocycles. The Labute approximate surface area is 193 Å². The lowest BCUT2D eigenvalue weighted by atomic mass is 9.93. The summed E-state index contributed by atoms with van der Waals surface area (Å²) in [6, 6.07) is 23.0. The van der Waals surface area contributed by atoms with Gasteiger partial charge in [0.1, 0.15) is 12.1 Å². The molecule has 168 valence electrons. The topological polar surface area (TPSA) is 77.9 Å². The van der Waals surface area contributed by atoms with Crippen LogP contribution in [0.5, 0.6) is 0 Å². The maximum atomic E-state index is 13.8. The minimum absolute atomic E-state index is 0.274. The van der Waals surface area contributed by atoms with E-state index in [9.17, 15) is 19.6 Å². The Bertz CT molecular complexity index is 1090. The molecule has 6 heteroatoms. The minimum Gasteiger partial charge on any atom is -0.285 e. The van der Waals surface area contributed by atoms with Crippen LogP contribution in [0, 0.1) is 5.92 Å². The largest absolute Gasteiger partial charge is 0.285 e. The van der Waals surface area contributed by atoms with Gasteiger partial charge in [0.05, 0.1) is 11.1 Å². The summed E-state index contributed by atoms with van der Waals surface area (Å²) in [5, 5.41) is 12.0. The van der Waals surface area contributed by atoms with Crippen molar-refractivity contribution in [3.05, 3.63) is 107 Å². The zero-order valence-corrected chi connectivity index (χ0v) is 18.6. The van der Waals surface area contributed by atoms with E-state index in [1.807, 2.05) is 67.6 Å². The third kappa shape index (κ3) is 4.05. The Morgan fingerprint density at radius 3 is 1.67 bits per heavy atom. The van der Waals surface area contributed by atoms with Gasteiger partial charge in [0, 0.05) is 0 Å². The Morgan fingerprint density at radius 1 is 0.818 bits per heavy atom. The maximum Gasteiger partial charge on any atom is 0.270 e. The van der Waals surface area contributed by atoms with Crippen LogP contribution >= 0.6 is 0 Å². The van der Waals surface area contributed by atoms with E-state index in [-0.39, 0.29) is 17.0 Å². The fraction of sp³-hybridized carbons (Fsp3) is 0.222. The smallest absolute Gasteiger partial charge is 0.270 e. The average molecular weight is 443 g/mol. The van der Waals surface area contributed by atoms with E-state index >= 15 is 0 Å². The highest BCUT2D eigenvalue weighted by Gasteiger charge is 2.46. The van der Waals surface area contributed by atoms with Gasteiger partial charge < -0.3 is 0 Å². The minimum atomic E-state index is -1.14. The lowest BCUT2D eigenvalue weighted by Gasteiger charge is -2.35. The highest BCUT2D eigenvalue weighted by Crippen LogP contribution is 2.33. The van der Waals surface area contributed by atoms with Crippen LogP contribution in [0.3, 0.4) is 0 Å². The van der Waals surface area contributed by atoms with Gasteiger partial charge in [0.25, 0.3) is 17.7 Å². The van der Waals surface area contributed by atoms with Crippen LogP contribution in [0.15, 0.2) is 84.9 Å². The van der Waals surface area contributed by atoms with E-state index in [4.69, 9.17) is 0 Å². The lowest BCUT2D eigenvalue weighted by Crippen LogP contribution is -2.54. The number of hydrogen-bond donors (Lipinski definition) is 1. The first-order valence-corrected chi connectivity index (χ1v) is 11.0. The van der Waals surface area contributed by atoms with Crippen molar-refractivity contribution in [3.63, 3.8) is 0 Å². The third-order valence-corrected chi connectivity index (χ3v) is 6.24. The molecule has 0 fully saturated rings. The second kappa shape index (κ2) is 9.38.